The van der Waals surface area contributed by atoms with Crippen molar-refractivity contribution in [3.63, 3.8) is 0 Å². The molecule has 1 atom stereocenters. The molecule has 0 radical (unpaired) electrons. The second kappa shape index (κ2) is 10.8. The SMILES string of the molecule is CCCCOc1ccc(C2c3c(oc4cc(C)c(C)cc4c3=O)C(=O)N2c2ccc(C(=O)OCC)cc2)cc1. The number of esters is 1. The summed E-state index contributed by atoms with van der Waals surface area (Å²) in [6.45, 7) is 8.61. The Morgan fingerprint density at radius 2 is 1.64 bits per heavy atom. The van der Waals surface area contributed by atoms with Crippen molar-refractivity contribution in [3.8, 4) is 5.75 Å². The molecule has 1 amide bonds. The lowest BCUT2D eigenvalue weighted by molar-refractivity contribution is 0.0526. The van der Waals surface area contributed by atoms with Crippen LogP contribution in [0.3, 0.4) is 0 Å². The Balaban J connectivity index is 1.64. The first-order valence-corrected chi connectivity index (χ1v) is 13.3. The van der Waals surface area contributed by atoms with Gasteiger partial charge in [-0.15, -0.1) is 0 Å². The average Bonchev–Trinajstić information content (AvgIpc) is 3.23. The number of unbranched alkanes of at least 4 members (excludes halogenated alkanes) is 1. The topological polar surface area (TPSA) is 86.0 Å². The molecule has 3 aromatic carbocycles. The Labute approximate surface area is 227 Å². The van der Waals surface area contributed by atoms with Gasteiger partial charge in [-0.05, 0) is 92.4 Å². The Kier molecular flexibility index (Phi) is 7.24. The smallest absolute Gasteiger partial charge is 0.338 e. The predicted molar refractivity (Wildman–Crippen MR) is 150 cm³/mol. The summed E-state index contributed by atoms with van der Waals surface area (Å²) in [6.07, 6.45) is 1.99. The molecule has 39 heavy (non-hydrogen) atoms. The number of nitrogens with zero attached hydrogens (tertiary/aromatic N) is 1. The molecule has 0 aliphatic carbocycles. The number of amides is 1. The Morgan fingerprint density at radius 1 is 0.949 bits per heavy atom. The van der Waals surface area contributed by atoms with Crippen LogP contribution in [0.25, 0.3) is 11.0 Å². The summed E-state index contributed by atoms with van der Waals surface area (Å²) < 4.78 is 17.0. The van der Waals surface area contributed by atoms with Crippen LogP contribution in [0.1, 0.15) is 75.9 Å². The molecule has 0 saturated carbocycles. The fraction of sp³-hybridized carbons (Fsp3) is 0.281. The summed E-state index contributed by atoms with van der Waals surface area (Å²) in [6, 6.07) is 17.0. The van der Waals surface area contributed by atoms with Gasteiger partial charge in [0.25, 0.3) is 5.91 Å². The minimum atomic E-state index is -0.715. The first kappa shape index (κ1) is 26.2. The minimum Gasteiger partial charge on any atom is -0.494 e. The fourth-order valence-electron chi connectivity index (χ4n) is 4.86. The second-order valence-corrected chi connectivity index (χ2v) is 9.72. The normalized spacial score (nSPS) is 14.5. The molecule has 7 nitrogen and oxygen atoms in total. The number of aryl methyl sites for hydroxylation is 2. The van der Waals surface area contributed by atoms with Gasteiger partial charge in [-0.2, -0.15) is 0 Å². The molecule has 0 fully saturated rings. The monoisotopic (exact) mass is 525 g/mol. The molecule has 5 rings (SSSR count). The number of hydrogen-bond donors (Lipinski definition) is 0. The van der Waals surface area contributed by atoms with Crippen molar-refractivity contribution in [1.82, 2.24) is 0 Å². The third-order valence-electron chi connectivity index (χ3n) is 7.11. The van der Waals surface area contributed by atoms with Gasteiger partial charge in [0.15, 0.2) is 5.43 Å². The molecule has 0 spiro atoms. The Bertz CT molecular complexity index is 1600. The van der Waals surface area contributed by atoms with Gasteiger partial charge in [-0.25, -0.2) is 4.79 Å². The van der Waals surface area contributed by atoms with Gasteiger partial charge in [0.2, 0.25) is 5.76 Å². The highest BCUT2D eigenvalue weighted by atomic mass is 16.5. The standard InChI is InChI=1S/C32H31NO6/c1-5-7-16-38-24-14-10-21(11-15-24)28-27-29(34)25-17-19(3)20(4)18-26(25)39-30(27)31(35)33(28)23-12-8-22(9-13-23)32(36)37-6-2/h8-15,17-18,28H,5-7,16H2,1-4H3. The average molecular weight is 526 g/mol. The maximum atomic E-state index is 13.9. The Hall–Kier alpha value is -4.39. The van der Waals surface area contributed by atoms with Gasteiger partial charge in [0, 0.05) is 5.69 Å². The lowest BCUT2D eigenvalue weighted by Crippen LogP contribution is -2.29. The summed E-state index contributed by atoms with van der Waals surface area (Å²) in [4.78, 5) is 41.5. The molecular formula is C32H31NO6. The lowest BCUT2D eigenvalue weighted by Gasteiger charge is -2.25. The van der Waals surface area contributed by atoms with Crippen LogP contribution in [0.4, 0.5) is 5.69 Å². The number of ether oxygens (including phenoxy) is 2. The molecular weight excluding hydrogens is 494 g/mol. The van der Waals surface area contributed by atoms with E-state index in [2.05, 4.69) is 6.92 Å². The van der Waals surface area contributed by atoms with Gasteiger partial charge in [-0.3, -0.25) is 14.5 Å². The van der Waals surface area contributed by atoms with Crippen molar-refractivity contribution in [1.29, 1.82) is 0 Å². The van der Waals surface area contributed by atoms with Crippen molar-refractivity contribution >= 4 is 28.5 Å². The van der Waals surface area contributed by atoms with Crippen LogP contribution in [0, 0.1) is 13.8 Å². The maximum Gasteiger partial charge on any atom is 0.338 e. The quantitative estimate of drug-likeness (QED) is 0.192. The van der Waals surface area contributed by atoms with Crippen molar-refractivity contribution in [2.45, 2.75) is 46.6 Å². The summed E-state index contributed by atoms with van der Waals surface area (Å²) in [5, 5.41) is 0.439. The van der Waals surface area contributed by atoms with E-state index < -0.39 is 17.9 Å². The van der Waals surface area contributed by atoms with Crippen LogP contribution in [0.15, 0.2) is 69.9 Å². The minimum absolute atomic E-state index is 0.0264. The molecule has 1 aliphatic rings. The van der Waals surface area contributed by atoms with Crippen molar-refractivity contribution in [2.24, 2.45) is 0 Å². The van der Waals surface area contributed by atoms with Crippen LogP contribution >= 0.6 is 0 Å². The second-order valence-electron chi connectivity index (χ2n) is 9.72. The van der Waals surface area contributed by atoms with Crippen LogP contribution in [-0.2, 0) is 4.74 Å². The van der Waals surface area contributed by atoms with E-state index in [1.807, 2.05) is 44.2 Å². The summed E-state index contributed by atoms with van der Waals surface area (Å²) in [5.74, 6) is -0.110. The summed E-state index contributed by atoms with van der Waals surface area (Å²) >= 11 is 0. The van der Waals surface area contributed by atoms with Crippen molar-refractivity contribution in [2.75, 3.05) is 18.1 Å². The third kappa shape index (κ3) is 4.80. The van der Waals surface area contributed by atoms with Crippen LogP contribution in [0.2, 0.25) is 0 Å². The van der Waals surface area contributed by atoms with E-state index in [4.69, 9.17) is 13.9 Å². The first-order valence-electron chi connectivity index (χ1n) is 13.3. The third-order valence-corrected chi connectivity index (χ3v) is 7.11. The molecule has 0 N–H and O–H groups in total. The molecule has 7 heteroatoms. The van der Waals surface area contributed by atoms with Crippen molar-refractivity contribution < 1.29 is 23.5 Å². The van der Waals surface area contributed by atoms with E-state index in [0.29, 0.717) is 34.4 Å². The van der Waals surface area contributed by atoms with Crippen LogP contribution in [0.5, 0.6) is 5.75 Å². The van der Waals surface area contributed by atoms with Gasteiger partial charge in [-0.1, -0.05) is 25.5 Å². The molecule has 4 aromatic rings. The molecule has 1 unspecified atom stereocenters. The number of rotatable bonds is 8. The van der Waals surface area contributed by atoms with E-state index >= 15 is 0 Å². The zero-order chi connectivity index (χ0) is 27.7. The molecule has 2 heterocycles. The molecule has 1 aliphatic heterocycles. The van der Waals surface area contributed by atoms with Gasteiger partial charge >= 0.3 is 5.97 Å². The van der Waals surface area contributed by atoms with Crippen LogP contribution < -0.4 is 15.1 Å². The zero-order valence-electron chi connectivity index (χ0n) is 22.6. The lowest BCUT2D eigenvalue weighted by atomic mass is 9.97. The molecule has 0 bridgehead atoms. The van der Waals surface area contributed by atoms with Gasteiger partial charge in [0.1, 0.15) is 11.3 Å². The largest absolute Gasteiger partial charge is 0.494 e. The predicted octanol–water partition coefficient (Wildman–Crippen LogP) is 6.52. The van der Waals surface area contributed by atoms with Gasteiger partial charge < -0.3 is 13.9 Å². The van der Waals surface area contributed by atoms with E-state index in [9.17, 15) is 14.4 Å². The highest BCUT2D eigenvalue weighted by Crippen LogP contribution is 2.41. The van der Waals surface area contributed by atoms with Crippen molar-refractivity contribution in [3.05, 3.63) is 104 Å². The van der Waals surface area contributed by atoms with Crippen LogP contribution in [-0.4, -0.2) is 25.1 Å². The maximum absolute atomic E-state index is 13.9. The Morgan fingerprint density at radius 3 is 2.31 bits per heavy atom. The zero-order valence-corrected chi connectivity index (χ0v) is 22.6. The van der Waals surface area contributed by atoms with E-state index in [-0.39, 0.29) is 17.8 Å². The fourth-order valence-corrected chi connectivity index (χ4v) is 4.86. The number of fused-ring (bicyclic) bond motifs is 2. The number of anilines is 1. The highest BCUT2D eigenvalue weighted by Gasteiger charge is 2.43. The molecule has 0 saturated heterocycles. The molecule has 1 aromatic heterocycles. The number of carbonyl (C=O) groups excluding carboxylic acids is 2. The molecule has 200 valence electrons. The van der Waals surface area contributed by atoms with Gasteiger partial charge in [0.05, 0.1) is 35.8 Å². The number of benzene rings is 3. The van der Waals surface area contributed by atoms with E-state index in [0.717, 1.165) is 35.3 Å². The van der Waals surface area contributed by atoms with E-state index in [1.54, 1.807) is 42.2 Å². The highest BCUT2D eigenvalue weighted by molar-refractivity contribution is 6.10. The number of carbonyl (C=O) groups is 2. The number of hydrogen-bond acceptors (Lipinski definition) is 6. The first-order chi connectivity index (χ1) is 18.8. The summed E-state index contributed by atoms with van der Waals surface area (Å²) in [5.41, 5.74) is 4.03. The van der Waals surface area contributed by atoms with E-state index in [1.165, 1.54) is 0 Å². The summed E-state index contributed by atoms with van der Waals surface area (Å²) in [7, 11) is 0.